The van der Waals surface area contributed by atoms with Crippen molar-refractivity contribution in [3.05, 3.63) is 12.2 Å². The van der Waals surface area contributed by atoms with Gasteiger partial charge in [0.05, 0.1) is 0 Å². The molecule has 0 aliphatic carbocycles. The van der Waals surface area contributed by atoms with Crippen LogP contribution in [0.3, 0.4) is 0 Å². The Kier molecular flexibility index (Phi) is 15.5. The molecule has 17 heavy (non-hydrogen) atoms. The van der Waals surface area contributed by atoms with Crippen LogP contribution < -0.4 is 0 Å². The van der Waals surface area contributed by atoms with E-state index < -0.39 is 0 Å². The summed E-state index contributed by atoms with van der Waals surface area (Å²) in [6, 6.07) is 0. The highest BCUT2D eigenvalue weighted by atomic mass is 14.0. The highest BCUT2D eigenvalue weighted by Crippen LogP contribution is 2.12. The number of unbranched alkanes of at least 4 members (excludes halogenated alkanes) is 12. The summed E-state index contributed by atoms with van der Waals surface area (Å²) in [6.07, 6.45) is 23.1. The minimum Gasteiger partial charge on any atom is -0.0917 e. The van der Waals surface area contributed by atoms with Crippen LogP contribution in [-0.2, 0) is 0 Å². The molecule has 0 atom stereocenters. The Morgan fingerprint density at radius 2 is 1.00 bits per heavy atom. The highest BCUT2D eigenvalue weighted by Gasteiger charge is 1.92. The van der Waals surface area contributed by atoms with Crippen LogP contribution in [-0.4, -0.2) is 0 Å². The van der Waals surface area contributed by atoms with E-state index in [-0.39, 0.29) is 0 Å². The van der Waals surface area contributed by atoms with Crippen LogP contribution in [0.25, 0.3) is 0 Å². The van der Waals surface area contributed by atoms with Crippen molar-refractivity contribution < 1.29 is 0 Å². The zero-order valence-corrected chi connectivity index (χ0v) is 12.3. The maximum absolute atomic E-state index is 2.29. The fraction of sp³-hybridized carbons (Fsp3) is 0.882. The topological polar surface area (TPSA) is 0 Å². The van der Waals surface area contributed by atoms with Gasteiger partial charge in [0.1, 0.15) is 0 Å². The molecule has 102 valence electrons. The summed E-state index contributed by atoms with van der Waals surface area (Å²) >= 11 is 0. The molecule has 0 fully saturated rings. The van der Waals surface area contributed by atoms with Gasteiger partial charge >= 0.3 is 0 Å². The van der Waals surface area contributed by atoms with Gasteiger partial charge in [0, 0.05) is 0 Å². The van der Waals surface area contributed by atoms with Crippen molar-refractivity contribution in [2.45, 2.75) is 97.3 Å². The van der Waals surface area contributed by atoms with E-state index >= 15 is 0 Å². The van der Waals surface area contributed by atoms with Crippen molar-refractivity contribution in [1.82, 2.24) is 0 Å². The van der Waals surface area contributed by atoms with Crippen LogP contribution in [0, 0.1) is 0 Å². The van der Waals surface area contributed by atoms with Crippen LogP contribution in [0.5, 0.6) is 0 Å². The van der Waals surface area contributed by atoms with Crippen molar-refractivity contribution in [1.29, 1.82) is 0 Å². The first-order valence-electron chi connectivity index (χ1n) is 8.03. The molecule has 0 radical (unpaired) electrons. The summed E-state index contributed by atoms with van der Waals surface area (Å²) in [7, 11) is 0. The second kappa shape index (κ2) is 15.7. The number of hydrogen-bond donors (Lipinski definition) is 0. The van der Waals surface area contributed by atoms with Crippen LogP contribution in [0.15, 0.2) is 12.2 Å². The van der Waals surface area contributed by atoms with Gasteiger partial charge < -0.3 is 0 Å². The summed E-state index contributed by atoms with van der Waals surface area (Å²) in [5, 5.41) is 0. The molecule has 0 spiro atoms. The SMILES string of the molecule is CC=CCCCCCCCCCCCCCC. The average molecular weight is 238 g/mol. The van der Waals surface area contributed by atoms with Gasteiger partial charge in [-0.15, -0.1) is 0 Å². The lowest BCUT2D eigenvalue weighted by Crippen LogP contribution is -1.82. The van der Waals surface area contributed by atoms with E-state index in [1.54, 1.807) is 0 Å². The Morgan fingerprint density at radius 1 is 0.588 bits per heavy atom. The third-order valence-electron chi connectivity index (χ3n) is 3.46. The van der Waals surface area contributed by atoms with Crippen molar-refractivity contribution in [3.63, 3.8) is 0 Å². The van der Waals surface area contributed by atoms with Crippen LogP contribution >= 0.6 is 0 Å². The number of rotatable bonds is 13. The molecule has 0 unspecified atom stereocenters. The molecule has 0 rings (SSSR count). The summed E-state index contributed by atoms with van der Waals surface area (Å²) in [5.74, 6) is 0. The van der Waals surface area contributed by atoms with Gasteiger partial charge in [0.15, 0.2) is 0 Å². The molecule has 0 aromatic carbocycles. The molecule has 0 N–H and O–H groups in total. The fourth-order valence-corrected chi connectivity index (χ4v) is 2.27. The van der Waals surface area contributed by atoms with Crippen LogP contribution in [0.1, 0.15) is 97.3 Å². The van der Waals surface area contributed by atoms with E-state index in [9.17, 15) is 0 Å². The lowest BCUT2D eigenvalue weighted by atomic mass is 10.0. The molecule has 0 heteroatoms. The van der Waals surface area contributed by atoms with Gasteiger partial charge in [-0.2, -0.15) is 0 Å². The Morgan fingerprint density at radius 3 is 1.41 bits per heavy atom. The maximum Gasteiger partial charge on any atom is -0.0351 e. The summed E-state index contributed by atoms with van der Waals surface area (Å²) < 4.78 is 0. The average Bonchev–Trinajstić information content (AvgIpc) is 2.35. The minimum absolute atomic E-state index is 1.29. The van der Waals surface area contributed by atoms with E-state index in [1.807, 2.05) is 0 Å². The Bertz CT molecular complexity index is 146. The standard InChI is InChI=1S/C17H34/c1-3-5-7-9-11-13-15-17-16-14-12-10-8-6-4-2/h3,5H,4,6-17H2,1-2H3. The third kappa shape index (κ3) is 15.7. The first-order chi connectivity index (χ1) is 8.41. The van der Waals surface area contributed by atoms with Gasteiger partial charge in [-0.1, -0.05) is 89.7 Å². The van der Waals surface area contributed by atoms with Crippen molar-refractivity contribution in [3.8, 4) is 0 Å². The Balaban J connectivity index is 2.89. The van der Waals surface area contributed by atoms with Crippen molar-refractivity contribution >= 4 is 0 Å². The van der Waals surface area contributed by atoms with Crippen molar-refractivity contribution in [2.24, 2.45) is 0 Å². The molecular formula is C17H34. The molecule has 0 aromatic heterocycles. The second-order valence-electron chi connectivity index (χ2n) is 5.25. The molecule has 0 aromatic rings. The van der Waals surface area contributed by atoms with E-state index in [0.29, 0.717) is 0 Å². The van der Waals surface area contributed by atoms with Gasteiger partial charge in [-0.3, -0.25) is 0 Å². The number of allylic oxidation sites excluding steroid dienone is 2. The van der Waals surface area contributed by atoms with E-state index in [0.717, 1.165) is 0 Å². The fourth-order valence-electron chi connectivity index (χ4n) is 2.27. The minimum atomic E-state index is 1.29. The highest BCUT2D eigenvalue weighted by molar-refractivity contribution is 4.76. The molecule has 0 aliphatic rings. The summed E-state index contributed by atoms with van der Waals surface area (Å²) in [4.78, 5) is 0. The Labute approximate surface area is 110 Å². The molecule has 0 nitrogen and oxygen atoms in total. The molecule has 0 heterocycles. The van der Waals surface area contributed by atoms with E-state index in [1.165, 1.54) is 83.5 Å². The summed E-state index contributed by atoms with van der Waals surface area (Å²) in [5.41, 5.74) is 0. The summed E-state index contributed by atoms with van der Waals surface area (Å²) in [6.45, 7) is 4.40. The Hall–Kier alpha value is -0.260. The predicted octanol–water partition coefficient (Wildman–Crippen LogP) is 6.65. The van der Waals surface area contributed by atoms with Crippen LogP contribution in [0.4, 0.5) is 0 Å². The molecule has 0 saturated carbocycles. The van der Waals surface area contributed by atoms with E-state index in [2.05, 4.69) is 26.0 Å². The molecule has 0 amide bonds. The molecule has 0 aliphatic heterocycles. The third-order valence-corrected chi connectivity index (χ3v) is 3.46. The zero-order valence-electron chi connectivity index (χ0n) is 12.3. The maximum atomic E-state index is 2.29. The van der Waals surface area contributed by atoms with Gasteiger partial charge in [-0.25, -0.2) is 0 Å². The largest absolute Gasteiger partial charge is 0.0917 e. The van der Waals surface area contributed by atoms with Gasteiger partial charge in [0.2, 0.25) is 0 Å². The van der Waals surface area contributed by atoms with Crippen molar-refractivity contribution in [2.75, 3.05) is 0 Å². The monoisotopic (exact) mass is 238 g/mol. The van der Waals surface area contributed by atoms with Gasteiger partial charge in [-0.05, 0) is 19.8 Å². The predicted molar refractivity (Wildman–Crippen MR) is 80.5 cm³/mol. The zero-order chi connectivity index (χ0) is 12.6. The van der Waals surface area contributed by atoms with E-state index in [4.69, 9.17) is 0 Å². The second-order valence-corrected chi connectivity index (χ2v) is 5.25. The quantitative estimate of drug-likeness (QED) is 0.249. The number of hydrogen-bond acceptors (Lipinski definition) is 0. The normalized spacial score (nSPS) is 11.4. The first-order valence-corrected chi connectivity index (χ1v) is 8.03. The molecular weight excluding hydrogens is 204 g/mol. The van der Waals surface area contributed by atoms with Gasteiger partial charge in [0.25, 0.3) is 0 Å². The lowest BCUT2D eigenvalue weighted by molar-refractivity contribution is 0.545. The molecule has 0 saturated heterocycles. The smallest absolute Gasteiger partial charge is 0.0351 e. The van der Waals surface area contributed by atoms with Crippen LogP contribution in [0.2, 0.25) is 0 Å². The molecule has 0 bridgehead atoms. The first kappa shape index (κ1) is 16.7. The lowest BCUT2D eigenvalue weighted by Gasteiger charge is -2.02.